The van der Waals surface area contributed by atoms with E-state index in [-0.39, 0.29) is 0 Å². The van der Waals surface area contributed by atoms with Crippen molar-refractivity contribution in [1.82, 2.24) is 0 Å². The van der Waals surface area contributed by atoms with Crippen molar-refractivity contribution in [3.63, 3.8) is 0 Å². The molecule has 0 unspecified atom stereocenters. The molecule has 0 heterocycles. The van der Waals surface area contributed by atoms with E-state index in [1.807, 2.05) is 0 Å². The highest BCUT2D eigenvalue weighted by Gasteiger charge is 1.99. The molecule has 0 rings (SSSR count). The van der Waals surface area contributed by atoms with Crippen molar-refractivity contribution in [2.75, 3.05) is 0 Å². The number of hydrogen-bond donors (Lipinski definition) is 4. The van der Waals surface area contributed by atoms with Crippen LogP contribution in [0, 0.1) is 20.5 Å². The minimum absolute atomic E-state index is 4.00. The topological polar surface area (TPSA) is 231 Å². The molecule has 0 aromatic carbocycles. The van der Waals surface area contributed by atoms with Crippen LogP contribution in [0.25, 0.3) is 0 Å². The molecule has 0 atom stereocenters. The molecule has 0 aromatic heterocycles. The molecule has 6 N–H and O–H groups in total. The van der Waals surface area contributed by atoms with Crippen molar-refractivity contribution < 1.29 is 57.8 Å². The zero-order valence-electron chi connectivity index (χ0n) is 5.25. The minimum Gasteiger partial charge on any atom is -0.274 e. The van der Waals surface area contributed by atoms with Crippen LogP contribution in [0.2, 0.25) is 0 Å². The third-order valence-corrected chi connectivity index (χ3v) is 0. The summed E-state index contributed by atoms with van der Waals surface area (Å²) in [4.78, 5) is 0. The van der Waals surface area contributed by atoms with Crippen LogP contribution in [0.3, 0.4) is 0 Å². The summed E-state index contributed by atoms with van der Waals surface area (Å²) in [5.74, 6) is 8.00. The van der Waals surface area contributed by atoms with Gasteiger partial charge in [0.25, 0.3) is 0 Å². The number of hydrogen-bond acceptors (Lipinski definition) is 10. The third-order valence-electron chi connectivity index (χ3n) is 0. The van der Waals surface area contributed by atoms with Crippen molar-refractivity contribution in [1.29, 1.82) is 0 Å². The fourth-order valence-electron chi connectivity index (χ4n) is 0. The summed E-state index contributed by atoms with van der Waals surface area (Å²) in [6.45, 7) is 0. The van der Waals surface area contributed by atoms with Crippen molar-refractivity contribution in [2.24, 2.45) is 11.7 Å². The Morgan fingerprint density at radius 2 is 0.667 bits per heavy atom. The number of hydrazine groups is 1. The molecule has 0 aromatic rings. The summed E-state index contributed by atoms with van der Waals surface area (Å²) >= 11 is 0. The fourth-order valence-corrected chi connectivity index (χ4v) is 0. The predicted molar refractivity (Wildman–Crippen MR) is 12.8 cm³/mol. The first kappa shape index (κ1) is 18.1. The molecule has 0 bridgehead atoms. The molecule has 0 spiro atoms. The number of rotatable bonds is 0. The van der Waals surface area contributed by atoms with E-state index in [1.165, 1.54) is 0 Å². The molecule has 78 valence electrons. The summed E-state index contributed by atoms with van der Waals surface area (Å²) < 4.78 is 65.4. The number of halogens is 2. The van der Waals surface area contributed by atoms with E-state index >= 15 is 0 Å². The zero-order valence-corrected chi connectivity index (χ0v) is 6.77. The lowest BCUT2D eigenvalue weighted by molar-refractivity contribution is -1.92. The van der Waals surface area contributed by atoms with Crippen LogP contribution in [0.1, 0.15) is 0 Å². The Balaban J connectivity index is -0.000000112. The molecular formula is H6Cl2N2O8. The second kappa shape index (κ2) is 7.81. The monoisotopic (exact) mass is 232 g/mol. The Morgan fingerprint density at radius 3 is 0.667 bits per heavy atom. The Hall–Kier alpha value is 0.180. The summed E-state index contributed by atoms with van der Waals surface area (Å²) in [6.07, 6.45) is 0. The highest BCUT2D eigenvalue weighted by atomic mass is 35.7. The van der Waals surface area contributed by atoms with E-state index < -0.39 is 20.5 Å². The molecule has 10 nitrogen and oxygen atoms in total. The maximum atomic E-state index is 8.60. The maximum Gasteiger partial charge on any atom is 0.0777 e. The highest BCUT2D eigenvalue weighted by molar-refractivity contribution is 3.26. The SMILES string of the molecule is NN.[O-][Cl+3]([O-])([O-])O.[O-][Cl+3]([O-])([O-])O. The van der Waals surface area contributed by atoms with Crippen molar-refractivity contribution >= 4 is 0 Å². The second-order valence-corrected chi connectivity index (χ2v) is 2.38. The fraction of sp³-hybridized carbons (Fsp3) is 0. The van der Waals surface area contributed by atoms with E-state index in [1.54, 1.807) is 0 Å². The smallest absolute Gasteiger partial charge is 0.0777 e. The van der Waals surface area contributed by atoms with Crippen molar-refractivity contribution in [2.45, 2.75) is 0 Å². The van der Waals surface area contributed by atoms with Crippen LogP contribution in [0.15, 0.2) is 0 Å². The van der Waals surface area contributed by atoms with Crippen molar-refractivity contribution in [3.8, 4) is 0 Å². The average Bonchev–Trinajstić information content (AvgIpc) is 1.59. The first-order valence-electron chi connectivity index (χ1n) is 1.60. The number of nitrogens with two attached hydrogens (primary N) is 2. The summed E-state index contributed by atoms with van der Waals surface area (Å²) in [6, 6.07) is 0. The molecule has 0 aliphatic carbocycles. The van der Waals surface area contributed by atoms with Crippen LogP contribution in [-0.2, 0) is 0 Å². The Bertz CT molecular complexity index is 58.0. The summed E-state index contributed by atoms with van der Waals surface area (Å²) in [5.41, 5.74) is 0. The van der Waals surface area contributed by atoms with Gasteiger partial charge in [0.1, 0.15) is 0 Å². The Labute approximate surface area is 70.3 Å². The maximum absolute atomic E-state index is 8.60. The average molecular weight is 233 g/mol. The molecule has 0 fully saturated rings. The molecule has 12 heteroatoms. The highest BCUT2D eigenvalue weighted by Crippen LogP contribution is 1.61. The predicted octanol–water partition coefficient (Wildman–Crippen LogP) is -9.43. The normalized spacial score (nSPS) is 10.5. The van der Waals surface area contributed by atoms with Gasteiger partial charge in [0.2, 0.25) is 0 Å². The van der Waals surface area contributed by atoms with E-state index in [2.05, 4.69) is 11.7 Å². The van der Waals surface area contributed by atoms with Gasteiger partial charge in [-0.3, -0.25) is 11.7 Å². The molecule has 0 aliphatic heterocycles. The lowest BCUT2D eigenvalue weighted by Gasteiger charge is -2.03. The second-order valence-electron chi connectivity index (χ2n) is 0.792. The molecule has 0 aliphatic rings. The Morgan fingerprint density at radius 1 is 0.667 bits per heavy atom. The standard InChI is InChI=1S/2ClHO4.H4N2/c2*2-1(3,4)5;1-2/h2*(H,2,3,4,5);1-2H2. The lowest BCUT2D eigenvalue weighted by Crippen LogP contribution is -2.58. The van der Waals surface area contributed by atoms with Gasteiger partial charge in [0.05, 0.1) is 29.8 Å². The summed E-state index contributed by atoms with van der Waals surface area (Å²) in [7, 11) is -9.39. The van der Waals surface area contributed by atoms with E-state index in [0.29, 0.717) is 0 Å². The van der Waals surface area contributed by atoms with Gasteiger partial charge < -0.3 is 0 Å². The van der Waals surface area contributed by atoms with Gasteiger partial charge in [-0.05, 0) is 0 Å². The van der Waals surface area contributed by atoms with Crippen LogP contribution < -0.4 is 39.6 Å². The third kappa shape index (κ3) is 26500. The first-order chi connectivity index (χ1) is 5.00. The van der Waals surface area contributed by atoms with Crippen LogP contribution in [-0.4, -0.2) is 9.32 Å². The van der Waals surface area contributed by atoms with Gasteiger partial charge in [-0.25, -0.2) is 0 Å². The Kier molecular flexibility index (Phi) is 11.8. The summed E-state index contributed by atoms with van der Waals surface area (Å²) in [5, 5.41) is 0. The molecule has 12 heavy (non-hydrogen) atoms. The first-order valence-corrected chi connectivity index (χ1v) is 4.12. The van der Waals surface area contributed by atoms with E-state index in [4.69, 9.17) is 37.3 Å². The van der Waals surface area contributed by atoms with Gasteiger partial charge in [-0.15, -0.1) is 0 Å². The quantitative estimate of drug-likeness (QED) is 0.227. The molecular weight excluding hydrogens is 227 g/mol. The van der Waals surface area contributed by atoms with Gasteiger partial charge in [-0.1, -0.05) is 0 Å². The van der Waals surface area contributed by atoms with Crippen LogP contribution in [0.5, 0.6) is 0 Å². The van der Waals surface area contributed by atoms with Gasteiger partial charge in [-0.2, -0.15) is 28.0 Å². The minimum atomic E-state index is -4.69. The molecule has 0 radical (unpaired) electrons. The molecule has 0 saturated heterocycles. The molecule has 0 saturated carbocycles. The lowest BCUT2D eigenvalue weighted by atomic mass is 13.0. The van der Waals surface area contributed by atoms with E-state index in [0.717, 1.165) is 0 Å². The van der Waals surface area contributed by atoms with Gasteiger partial charge in [0.15, 0.2) is 0 Å². The van der Waals surface area contributed by atoms with Gasteiger partial charge in [0, 0.05) is 0 Å². The van der Waals surface area contributed by atoms with Gasteiger partial charge >= 0.3 is 0 Å². The largest absolute Gasteiger partial charge is 0.274 e. The van der Waals surface area contributed by atoms with Crippen molar-refractivity contribution in [3.05, 3.63) is 0 Å². The zero-order chi connectivity index (χ0) is 11.0. The van der Waals surface area contributed by atoms with Crippen LogP contribution >= 0.6 is 0 Å². The molecule has 0 amide bonds. The van der Waals surface area contributed by atoms with Crippen LogP contribution in [0.4, 0.5) is 0 Å². The van der Waals surface area contributed by atoms with E-state index in [9.17, 15) is 0 Å².